The van der Waals surface area contributed by atoms with Crippen LogP contribution in [0.3, 0.4) is 0 Å². The van der Waals surface area contributed by atoms with Gasteiger partial charge in [0.1, 0.15) is 29.3 Å². The van der Waals surface area contributed by atoms with Crippen LogP contribution >= 0.6 is 0 Å². The number of hydrogen-bond acceptors (Lipinski definition) is 7. The molecule has 1 unspecified atom stereocenters. The molecule has 1 aromatic carbocycles. The SMILES string of the molecule is C=CC(=O)N1CC(n2nc(C#Cc3cc(OC)cc(OC)c3)c3c(N)ncnc32)C[C@H]1C. The van der Waals surface area contributed by atoms with Crippen molar-refractivity contribution in [2.45, 2.75) is 25.4 Å². The number of nitrogens with zero attached hydrogens (tertiary/aromatic N) is 5. The fourth-order valence-electron chi connectivity index (χ4n) is 3.95. The predicted molar refractivity (Wildman–Crippen MR) is 120 cm³/mol. The first kappa shape index (κ1) is 21.2. The number of rotatable bonds is 4. The molecule has 9 nitrogen and oxygen atoms in total. The molecule has 0 bridgehead atoms. The van der Waals surface area contributed by atoms with Gasteiger partial charge in [-0.25, -0.2) is 14.6 Å². The molecule has 164 valence electrons. The Hall–Kier alpha value is -4.06. The third-order valence-electron chi connectivity index (χ3n) is 5.55. The highest BCUT2D eigenvalue weighted by Crippen LogP contribution is 2.31. The second kappa shape index (κ2) is 8.59. The van der Waals surface area contributed by atoms with Crippen LogP contribution in [0.2, 0.25) is 0 Å². The summed E-state index contributed by atoms with van der Waals surface area (Å²) in [5.41, 5.74) is 7.93. The largest absolute Gasteiger partial charge is 0.497 e. The minimum Gasteiger partial charge on any atom is -0.497 e. The van der Waals surface area contributed by atoms with E-state index >= 15 is 0 Å². The Morgan fingerprint density at radius 3 is 2.59 bits per heavy atom. The molecule has 2 aromatic heterocycles. The number of carbonyl (C=O) groups excluding carboxylic acids is 1. The quantitative estimate of drug-likeness (QED) is 0.497. The van der Waals surface area contributed by atoms with Crippen molar-refractivity contribution in [3.8, 4) is 23.3 Å². The van der Waals surface area contributed by atoms with Crippen LogP contribution in [-0.4, -0.2) is 57.4 Å². The standard InChI is InChI=1S/C23H24N6O3/c1-5-20(30)28-12-16(8-14(28)2)29-23-21(22(24)25-13-26-23)19(27-29)7-6-15-9-17(31-3)11-18(10-15)32-4/h5,9-11,13-14,16H,1,8,12H2,2-4H3,(H2,24,25,26)/t14-,16?/m1/s1. The lowest BCUT2D eigenvalue weighted by atomic mass is 10.2. The minimum absolute atomic E-state index is 0.0573. The van der Waals surface area contributed by atoms with Gasteiger partial charge in [0.05, 0.1) is 25.6 Å². The molecular formula is C23H24N6O3. The predicted octanol–water partition coefficient (Wildman–Crippen LogP) is 2.17. The Morgan fingerprint density at radius 2 is 1.94 bits per heavy atom. The van der Waals surface area contributed by atoms with Crippen molar-refractivity contribution in [2.24, 2.45) is 0 Å². The number of methoxy groups -OCH3 is 2. The van der Waals surface area contributed by atoms with E-state index in [1.165, 1.54) is 12.4 Å². The number of aromatic nitrogens is 4. The van der Waals surface area contributed by atoms with Crippen molar-refractivity contribution in [3.05, 3.63) is 48.4 Å². The third-order valence-corrected chi connectivity index (χ3v) is 5.55. The highest BCUT2D eigenvalue weighted by atomic mass is 16.5. The third kappa shape index (κ3) is 3.83. The van der Waals surface area contributed by atoms with Crippen LogP contribution in [0.25, 0.3) is 11.0 Å². The molecular weight excluding hydrogens is 408 g/mol. The van der Waals surface area contributed by atoms with Crippen LogP contribution in [-0.2, 0) is 4.79 Å². The molecule has 1 aliphatic heterocycles. The topological polar surface area (TPSA) is 108 Å². The molecule has 1 amide bonds. The monoisotopic (exact) mass is 432 g/mol. The molecule has 0 aliphatic carbocycles. The lowest BCUT2D eigenvalue weighted by Gasteiger charge is -2.19. The van der Waals surface area contributed by atoms with Crippen LogP contribution in [0.1, 0.15) is 30.6 Å². The Bertz CT molecular complexity index is 1230. The highest BCUT2D eigenvalue weighted by molar-refractivity contribution is 5.91. The second-order valence-corrected chi connectivity index (χ2v) is 7.54. The van der Waals surface area contributed by atoms with Crippen molar-refractivity contribution in [3.63, 3.8) is 0 Å². The molecule has 1 fully saturated rings. The summed E-state index contributed by atoms with van der Waals surface area (Å²) >= 11 is 0. The van der Waals surface area contributed by atoms with Crippen LogP contribution in [0.4, 0.5) is 5.82 Å². The average Bonchev–Trinajstić information content (AvgIpc) is 3.38. The van der Waals surface area contributed by atoms with E-state index < -0.39 is 0 Å². The summed E-state index contributed by atoms with van der Waals surface area (Å²) in [6, 6.07) is 5.40. The Kier molecular flexibility index (Phi) is 5.69. The molecule has 32 heavy (non-hydrogen) atoms. The summed E-state index contributed by atoms with van der Waals surface area (Å²) in [5, 5.41) is 5.31. The first-order chi connectivity index (χ1) is 15.4. The van der Waals surface area contributed by atoms with Crippen LogP contribution in [0.5, 0.6) is 11.5 Å². The summed E-state index contributed by atoms with van der Waals surface area (Å²) in [6.45, 7) is 6.11. The van der Waals surface area contributed by atoms with Gasteiger partial charge >= 0.3 is 0 Å². The van der Waals surface area contributed by atoms with Crippen molar-refractivity contribution < 1.29 is 14.3 Å². The van der Waals surface area contributed by atoms with Crippen molar-refractivity contribution in [1.82, 2.24) is 24.6 Å². The van der Waals surface area contributed by atoms with Crippen LogP contribution in [0, 0.1) is 11.8 Å². The molecule has 1 saturated heterocycles. The number of carbonyl (C=O) groups is 1. The van der Waals surface area contributed by atoms with Gasteiger partial charge in [-0.2, -0.15) is 5.10 Å². The van der Waals surface area contributed by atoms with Crippen LogP contribution < -0.4 is 15.2 Å². The van der Waals surface area contributed by atoms with Crippen LogP contribution in [0.15, 0.2) is 37.2 Å². The van der Waals surface area contributed by atoms with Gasteiger partial charge in [-0.3, -0.25) is 4.79 Å². The summed E-state index contributed by atoms with van der Waals surface area (Å²) in [7, 11) is 3.17. The Balaban J connectivity index is 1.76. The minimum atomic E-state index is -0.0995. The second-order valence-electron chi connectivity index (χ2n) is 7.54. The van der Waals surface area contributed by atoms with E-state index in [1.54, 1.807) is 29.9 Å². The van der Waals surface area contributed by atoms with E-state index in [9.17, 15) is 4.79 Å². The van der Waals surface area contributed by atoms with Crippen molar-refractivity contribution in [1.29, 1.82) is 0 Å². The molecule has 2 atom stereocenters. The summed E-state index contributed by atoms with van der Waals surface area (Å²) < 4.78 is 12.4. The zero-order chi connectivity index (χ0) is 22.8. The van der Waals surface area contributed by atoms with Crippen molar-refractivity contribution >= 4 is 22.8 Å². The molecule has 4 rings (SSSR count). The Morgan fingerprint density at radius 1 is 1.22 bits per heavy atom. The van der Waals surface area contributed by atoms with Gasteiger partial charge in [0, 0.05) is 24.2 Å². The lowest BCUT2D eigenvalue weighted by molar-refractivity contribution is -0.126. The average molecular weight is 432 g/mol. The molecule has 9 heteroatoms. The number of hydrogen-bond donors (Lipinski definition) is 1. The maximum Gasteiger partial charge on any atom is 0.246 e. The van der Waals surface area contributed by atoms with Gasteiger partial charge in [0.15, 0.2) is 5.65 Å². The molecule has 0 spiro atoms. The maximum atomic E-state index is 12.2. The van der Waals surface area contributed by atoms with E-state index in [-0.39, 0.29) is 18.0 Å². The number of anilines is 1. The normalized spacial score (nSPS) is 17.7. The van der Waals surface area contributed by atoms with Gasteiger partial charge in [-0.05, 0) is 37.5 Å². The maximum absolute atomic E-state index is 12.2. The number of likely N-dealkylation sites (tertiary alicyclic amines) is 1. The van der Waals surface area contributed by atoms with E-state index in [4.69, 9.17) is 20.3 Å². The van der Waals surface area contributed by atoms with Gasteiger partial charge in [-0.15, -0.1) is 0 Å². The first-order valence-electron chi connectivity index (χ1n) is 10.1. The lowest BCUT2D eigenvalue weighted by Crippen LogP contribution is -2.32. The number of amides is 1. The summed E-state index contributed by atoms with van der Waals surface area (Å²) in [4.78, 5) is 22.5. The molecule has 1 aliphatic rings. The van der Waals surface area contributed by atoms with E-state index in [1.807, 2.05) is 19.1 Å². The summed E-state index contributed by atoms with van der Waals surface area (Å²) in [5.74, 6) is 7.68. The smallest absolute Gasteiger partial charge is 0.246 e. The molecule has 0 radical (unpaired) electrons. The number of nitrogens with two attached hydrogens (primary N) is 1. The zero-order valence-electron chi connectivity index (χ0n) is 18.2. The highest BCUT2D eigenvalue weighted by Gasteiger charge is 2.34. The first-order valence-corrected chi connectivity index (χ1v) is 10.1. The number of ether oxygens (including phenoxy) is 2. The molecule has 3 heterocycles. The number of fused-ring (bicyclic) bond motifs is 1. The van der Waals surface area contributed by atoms with E-state index in [2.05, 4.69) is 28.4 Å². The molecule has 0 saturated carbocycles. The molecule has 3 aromatic rings. The fraction of sp³-hybridized carbons (Fsp3) is 0.304. The van der Waals surface area contributed by atoms with E-state index in [0.29, 0.717) is 46.2 Å². The fourth-order valence-corrected chi connectivity index (χ4v) is 3.95. The van der Waals surface area contributed by atoms with Gasteiger partial charge < -0.3 is 20.1 Å². The van der Waals surface area contributed by atoms with Gasteiger partial charge in [0.2, 0.25) is 5.91 Å². The molecule has 2 N–H and O–H groups in total. The number of nitrogen functional groups attached to an aromatic ring is 1. The number of benzene rings is 1. The van der Waals surface area contributed by atoms with Crippen molar-refractivity contribution in [2.75, 3.05) is 26.5 Å². The summed E-state index contributed by atoms with van der Waals surface area (Å²) in [6.07, 6.45) is 3.48. The van der Waals surface area contributed by atoms with Gasteiger partial charge in [0.25, 0.3) is 0 Å². The van der Waals surface area contributed by atoms with E-state index in [0.717, 1.165) is 6.42 Å². The Labute approximate surface area is 185 Å². The van der Waals surface area contributed by atoms with Gasteiger partial charge in [-0.1, -0.05) is 12.5 Å². The zero-order valence-corrected chi connectivity index (χ0v) is 18.2.